The van der Waals surface area contributed by atoms with E-state index in [2.05, 4.69) is 5.32 Å². The van der Waals surface area contributed by atoms with E-state index in [0.29, 0.717) is 12.0 Å². The number of phenolic OH excluding ortho intramolecular Hbond substituents is 1. The molecule has 1 aromatic rings. The molecule has 1 aliphatic rings. The van der Waals surface area contributed by atoms with Gasteiger partial charge >= 0.3 is 5.69 Å². The summed E-state index contributed by atoms with van der Waals surface area (Å²) in [5.41, 5.74) is -0.654. The van der Waals surface area contributed by atoms with Crippen LogP contribution in [-0.2, 0) is 15.0 Å². The summed E-state index contributed by atoms with van der Waals surface area (Å²) >= 11 is 0. The summed E-state index contributed by atoms with van der Waals surface area (Å²) in [5, 5.41) is 22.6. The van der Waals surface area contributed by atoms with Crippen molar-refractivity contribution in [1.29, 1.82) is 0 Å². The Morgan fingerprint density at radius 3 is 2.45 bits per heavy atom. The number of hydrogen-bond acceptors (Lipinski definition) is 5. The average Bonchev–Trinajstić information content (AvgIpc) is 2.37. The smallest absolute Gasteiger partial charge is 0.310 e. The van der Waals surface area contributed by atoms with E-state index in [9.17, 15) is 24.8 Å². The number of phenols is 1. The summed E-state index contributed by atoms with van der Waals surface area (Å²) in [4.78, 5) is 33.4. The Balaban J connectivity index is 2.51. The van der Waals surface area contributed by atoms with Crippen molar-refractivity contribution in [2.75, 3.05) is 0 Å². The van der Waals surface area contributed by atoms with Crippen LogP contribution in [0.1, 0.15) is 31.7 Å². The van der Waals surface area contributed by atoms with E-state index in [4.69, 9.17) is 0 Å². The number of piperidine rings is 1. The zero-order valence-corrected chi connectivity index (χ0v) is 10.9. The average molecular weight is 278 g/mol. The maximum atomic E-state index is 11.6. The molecule has 1 heterocycles. The van der Waals surface area contributed by atoms with Gasteiger partial charge in [0.1, 0.15) is 0 Å². The molecule has 0 saturated carbocycles. The molecule has 1 aliphatic heterocycles. The fourth-order valence-electron chi connectivity index (χ4n) is 2.58. The second-order valence-corrected chi connectivity index (χ2v) is 4.92. The molecule has 0 aliphatic carbocycles. The lowest BCUT2D eigenvalue weighted by molar-refractivity contribution is -0.386. The van der Waals surface area contributed by atoms with E-state index in [-0.39, 0.29) is 24.7 Å². The minimum atomic E-state index is -0.752. The predicted octanol–water partition coefficient (Wildman–Crippen LogP) is 1.38. The number of imide groups is 1. The van der Waals surface area contributed by atoms with E-state index in [0.717, 1.165) is 0 Å². The summed E-state index contributed by atoms with van der Waals surface area (Å²) in [5.74, 6) is -1.21. The summed E-state index contributed by atoms with van der Waals surface area (Å²) in [6.45, 7) is 1.82. The summed E-state index contributed by atoms with van der Waals surface area (Å²) < 4.78 is 0. The third-order valence-corrected chi connectivity index (χ3v) is 3.74. The number of nitrogens with one attached hydrogen (secondary N) is 1. The number of aromatic hydroxyl groups is 1. The molecule has 0 unspecified atom stereocenters. The van der Waals surface area contributed by atoms with Crippen molar-refractivity contribution < 1.29 is 19.6 Å². The first-order chi connectivity index (χ1) is 9.38. The number of benzene rings is 1. The standard InChI is InChI=1S/C13H14N2O5/c1-2-13(6-11(17)14-12(18)7-13)8-3-4-10(16)9(5-8)15(19)20/h3-5,16H,2,6-7H2,1H3,(H,14,17,18). The zero-order chi connectivity index (χ0) is 14.9. The Morgan fingerprint density at radius 1 is 1.35 bits per heavy atom. The zero-order valence-electron chi connectivity index (χ0n) is 10.9. The summed E-state index contributed by atoms with van der Waals surface area (Å²) in [6, 6.07) is 3.99. The molecule has 20 heavy (non-hydrogen) atoms. The molecule has 0 bridgehead atoms. The lowest BCUT2D eigenvalue weighted by Gasteiger charge is -2.35. The molecule has 0 aromatic heterocycles. The van der Waals surface area contributed by atoms with Crippen LogP contribution < -0.4 is 5.32 Å². The van der Waals surface area contributed by atoms with E-state index < -0.39 is 21.8 Å². The molecule has 2 amide bonds. The van der Waals surface area contributed by atoms with Crippen LogP contribution in [0.5, 0.6) is 5.75 Å². The van der Waals surface area contributed by atoms with Crippen molar-refractivity contribution >= 4 is 17.5 Å². The summed E-state index contributed by atoms with van der Waals surface area (Å²) in [6.07, 6.45) is 0.683. The monoisotopic (exact) mass is 278 g/mol. The minimum Gasteiger partial charge on any atom is -0.502 e. The van der Waals surface area contributed by atoms with Crippen molar-refractivity contribution in [3.63, 3.8) is 0 Å². The molecule has 0 radical (unpaired) electrons. The lowest BCUT2D eigenvalue weighted by Crippen LogP contribution is -2.46. The Kier molecular flexibility index (Phi) is 3.44. The molecular formula is C13H14N2O5. The Hall–Kier alpha value is -2.44. The maximum Gasteiger partial charge on any atom is 0.310 e. The number of nitro groups is 1. The van der Waals surface area contributed by atoms with Gasteiger partial charge in [0.25, 0.3) is 0 Å². The fraction of sp³-hybridized carbons (Fsp3) is 0.385. The molecule has 7 nitrogen and oxygen atoms in total. The first-order valence-corrected chi connectivity index (χ1v) is 6.18. The van der Waals surface area contributed by atoms with Gasteiger partial charge in [-0.05, 0) is 18.1 Å². The number of nitro benzene ring substituents is 1. The topological polar surface area (TPSA) is 110 Å². The highest BCUT2D eigenvalue weighted by atomic mass is 16.6. The van der Waals surface area contributed by atoms with Crippen LogP contribution in [0.25, 0.3) is 0 Å². The van der Waals surface area contributed by atoms with Gasteiger partial charge in [0, 0.05) is 24.3 Å². The van der Waals surface area contributed by atoms with Crippen LogP contribution in [0.3, 0.4) is 0 Å². The first kappa shape index (κ1) is 14.0. The normalized spacial score (nSPS) is 17.6. The highest BCUT2D eigenvalue weighted by Crippen LogP contribution is 2.40. The van der Waals surface area contributed by atoms with Gasteiger partial charge in [0.15, 0.2) is 5.75 Å². The van der Waals surface area contributed by atoms with Crippen molar-refractivity contribution in [3.8, 4) is 5.75 Å². The van der Waals surface area contributed by atoms with Gasteiger partial charge in [-0.1, -0.05) is 13.0 Å². The molecule has 1 saturated heterocycles. The number of amides is 2. The third kappa shape index (κ3) is 2.34. The van der Waals surface area contributed by atoms with Crippen LogP contribution in [-0.4, -0.2) is 21.8 Å². The van der Waals surface area contributed by atoms with Crippen molar-refractivity contribution in [1.82, 2.24) is 5.32 Å². The second kappa shape index (κ2) is 4.92. The molecule has 0 spiro atoms. The van der Waals surface area contributed by atoms with E-state index >= 15 is 0 Å². The van der Waals surface area contributed by atoms with Gasteiger partial charge in [-0.3, -0.25) is 25.0 Å². The highest BCUT2D eigenvalue weighted by molar-refractivity contribution is 5.99. The van der Waals surface area contributed by atoms with Crippen LogP contribution in [0.4, 0.5) is 5.69 Å². The number of hydrogen-bond donors (Lipinski definition) is 2. The molecule has 2 rings (SSSR count). The van der Waals surface area contributed by atoms with Crippen LogP contribution in [0.2, 0.25) is 0 Å². The van der Waals surface area contributed by atoms with E-state index in [1.807, 2.05) is 6.92 Å². The Morgan fingerprint density at radius 2 is 1.95 bits per heavy atom. The van der Waals surface area contributed by atoms with Crippen LogP contribution >= 0.6 is 0 Å². The molecule has 1 fully saturated rings. The van der Waals surface area contributed by atoms with Gasteiger partial charge in [-0.2, -0.15) is 0 Å². The molecule has 2 N–H and O–H groups in total. The predicted molar refractivity (Wildman–Crippen MR) is 69.1 cm³/mol. The van der Waals surface area contributed by atoms with Crippen molar-refractivity contribution in [2.24, 2.45) is 0 Å². The molecule has 7 heteroatoms. The summed E-state index contributed by atoms with van der Waals surface area (Å²) in [7, 11) is 0. The fourth-order valence-corrected chi connectivity index (χ4v) is 2.58. The van der Waals surface area contributed by atoms with Crippen molar-refractivity contribution in [3.05, 3.63) is 33.9 Å². The largest absolute Gasteiger partial charge is 0.502 e. The van der Waals surface area contributed by atoms with Gasteiger partial charge in [0.05, 0.1) is 4.92 Å². The quantitative estimate of drug-likeness (QED) is 0.493. The van der Waals surface area contributed by atoms with Crippen LogP contribution in [0.15, 0.2) is 18.2 Å². The van der Waals surface area contributed by atoms with Gasteiger partial charge < -0.3 is 5.11 Å². The highest BCUT2D eigenvalue weighted by Gasteiger charge is 2.40. The number of carbonyl (C=O) groups is 2. The molecule has 106 valence electrons. The number of carbonyl (C=O) groups excluding carboxylic acids is 2. The maximum absolute atomic E-state index is 11.6. The van der Waals surface area contributed by atoms with E-state index in [1.165, 1.54) is 18.2 Å². The third-order valence-electron chi connectivity index (χ3n) is 3.74. The SMILES string of the molecule is CCC1(c2ccc(O)c([N+](=O)[O-])c2)CC(=O)NC(=O)C1. The van der Waals surface area contributed by atoms with Gasteiger partial charge in [-0.15, -0.1) is 0 Å². The second-order valence-electron chi connectivity index (χ2n) is 4.92. The van der Waals surface area contributed by atoms with Crippen molar-refractivity contribution in [2.45, 2.75) is 31.6 Å². The minimum absolute atomic E-state index is 0.0944. The Bertz CT molecular complexity index is 580. The van der Waals surface area contributed by atoms with Crippen LogP contribution in [0, 0.1) is 10.1 Å². The number of nitrogens with zero attached hydrogens (tertiary/aromatic N) is 1. The lowest BCUT2D eigenvalue weighted by atomic mass is 9.70. The first-order valence-electron chi connectivity index (χ1n) is 6.18. The van der Waals surface area contributed by atoms with Gasteiger partial charge in [-0.25, -0.2) is 0 Å². The molecular weight excluding hydrogens is 264 g/mol. The Labute approximate surface area is 114 Å². The molecule has 0 atom stereocenters. The molecule has 1 aromatic carbocycles. The van der Waals surface area contributed by atoms with Gasteiger partial charge in [0.2, 0.25) is 11.8 Å². The number of rotatable bonds is 3. The van der Waals surface area contributed by atoms with E-state index in [1.54, 1.807) is 0 Å².